The molecule has 0 spiro atoms. The Labute approximate surface area is 116 Å². The van der Waals surface area contributed by atoms with E-state index in [1.54, 1.807) is 11.8 Å². The van der Waals surface area contributed by atoms with Crippen molar-refractivity contribution in [2.75, 3.05) is 0 Å². The van der Waals surface area contributed by atoms with E-state index in [-0.39, 0.29) is 5.25 Å². The Morgan fingerprint density at radius 1 is 1.06 bits per heavy atom. The third-order valence-electron chi connectivity index (χ3n) is 2.54. The van der Waals surface area contributed by atoms with Gasteiger partial charge < -0.3 is 0 Å². The lowest BCUT2D eigenvalue weighted by Gasteiger charge is -2.13. The smallest absolute Gasteiger partial charge is 0.0637 e. The maximum Gasteiger partial charge on any atom is 0.0637 e. The van der Waals surface area contributed by atoms with Gasteiger partial charge in [-0.05, 0) is 29.8 Å². The van der Waals surface area contributed by atoms with E-state index < -0.39 is 0 Å². The molecule has 1 unspecified atom stereocenters. The number of rotatable bonds is 4. The third kappa shape index (κ3) is 3.53. The molecule has 0 bridgehead atoms. The SMILES string of the molecule is N#CCC(Sc1ccccc1)c1ccc(Cl)cc1. The first kappa shape index (κ1) is 13.0. The zero-order valence-electron chi connectivity index (χ0n) is 9.71. The lowest BCUT2D eigenvalue weighted by molar-refractivity contribution is 0.978. The molecule has 0 saturated carbocycles. The number of benzene rings is 2. The van der Waals surface area contributed by atoms with Crippen LogP contribution >= 0.6 is 23.4 Å². The number of nitrogens with zero attached hydrogens (tertiary/aromatic N) is 1. The van der Waals surface area contributed by atoms with Crippen molar-refractivity contribution in [3.8, 4) is 6.07 Å². The Hall–Kier alpha value is -1.43. The molecule has 0 saturated heterocycles. The van der Waals surface area contributed by atoms with E-state index in [0.29, 0.717) is 6.42 Å². The first-order valence-corrected chi connectivity index (χ1v) is 6.89. The summed E-state index contributed by atoms with van der Waals surface area (Å²) in [5, 5.41) is 9.81. The highest BCUT2D eigenvalue weighted by Crippen LogP contribution is 2.37. The molecule has 18 heavy (non-hydrogen) atoms. The van der Waals surface area contributed by atoms with E-state index in [1.807, 2.05) is 42.5 Å². The van der Waals surface area contributed by atoms with Gasteiger partial charge in [0.1, 0.15) is 0 Å². The first-order valence-electron chi connectivity index (χ1n) is 5.63. The molecule has 0 aliphatic heterocycles. The lowest BCUT2D eigenvalue weighted by atomic mass is 10.1. The maximum atomic E-state index is 8.94. The average Bonchev–Trinajstić information content (AvgIpc) is 2.40. The number of hydrogen-bond donors (Lipinski definition) is 0. The Kier molecular flexibility index (Phi) is 4.69. The zero-order chi connectivity index (χ0) is 12.8. The average molecular weight is 274 g/mol. The molecule has 3 heteroatoms. The summed E-state index contributed by atoms with van der Waals surface area (Å²) in [6.07, 6.45) is 0.487. The summed E-state index contributed by atoms with van der Waals surface area (Å²) in [4.78, 5) is 1.17. The fraction of sp³-hybridized carbons (Fsp3) is 0.133. The lowest BCUT2D eigenvalue weighted by Crippen LogP contribution is -1.92. The summed E-state index contributed by atoms with van der Waals surface area (Å²) in [6.45, 7) is 0. The minimum Gasteiger partial charge on any atom is -0.198 e. The van der Waals surface area contributed by atoms with Crippen LogP contribution in [-0.4, -0.2) is 0 Å². The summed E-state index contributed by atoms with van der Waals surface area (Å²) < 4.78 is 0. The molecule has 1 nitrogen and oxygen atoms in total. The zero-order valence-corrected chi connectivity index (χ0v) is 11.3. The molecule has 0 amide bonds. The van der Waals surface area contributed by atoms with Gasteiger partial charge in [-0.25, -0.2) is 0 Å². The van der Waals surface area contributed by atoms with Crippen LogP contribution in [0.15, 0.2) is 59.5 Å². The van der Waals surface area contributed by atoms with Crippen LogP contribution in [-0.2, 0) is 0 Å². The van der Waals surface area contributed by atoms with Crippen molar-refractivity contribution >= 4 is 23.4 Å². The van der Waals surface area contributed by atoms with Gasteiger partial charge in [-0.2, -0.15) is 5.26 Å². The Morgan fingerprint density at radius 3 is 2.33 bits per heavy atom. The predicted molar refractivity (Wildman–Crippen MR) is 76.7 cm³/mol. The fourth-order valence-electron chi connectivity index (χ4n) is 1.65. The molecule has 0 aliphatic carbocycles. The van der Waals surface area contributed by atoms with Gasteiger partial charge in [0, 0.05) is 15.2 Å². The highest BCUT2D eigenvalue weighted by atomic mass is 35.5. The van der Waals surface area contributed by atoms with Gasteiger partial charge >= 0.3 is 0 Å². The predicted octanol–water partition coefficient (Wildman–Crippen LogP) is 5.09. The molecule has 2 rings (SSSR count). The molecule has 2 aromatic carbocycles. The van der Waals surface area contributed by atoms with Crippen molar-refractivity contribution in [2.45, 2.75) is 16.6 Å². The topological polar surface area (TPSA) is 23.8 Å². The van der Waals surface area contributed by atoms with Crippen molar-refractivity contribution in [3.05, 3.63) is 65.2 Å². The number of halogens is 1. The number of thioether (sulfide) groups is 1. The van der Waals surface area contributed by atoms with Crippen LogP contribution in [0.4, 0.5) is 0 Å². The first-order chi connectivity index (χ1) is 8.79. The monoisotopic (exact) mass is 273 g/mol. The fourth-order valence-corrected chi connectivity index (χ4v) is 2.87. The Balaban J connectivity index is 2.18. The van der Waals surface area contributed by atoms with Crippen LogP contribution in [0.2, 0.25) is 5.02 Å². The van der Waals surface area contributed by atoms with Gasteiger partial charge in [0.05, 0.1) is 12.5 Å². The molecule has 0 N–H and O–H groups in total. The molecular weight excluding hydrogens is 262 g/mol. The van der Waals surface area contributed by atoms with Gasteiger partial charge in [-0.1, -0.05) is 41.9 Å². The molecule has 1 atom stereocenters. The molecule has 2 aromatic rings. The van der Waals surface area contributed by atoms with E-state index in [4.69, 9.17) is 16.9 Å². The van der Waals surface area contributed by atoms with Crippen molar-refractivity contribution in [1.82, 2.24) is 0 Å². The van der Waals surface area contributed by atoms with Crippen LogP contribution in [0.5, 0.6) is 0 Å². The molecule has 90 valence electrons. The maximum absolute atomic E-state index is 8.94. The highest BCUT2D eigenvalue weighted by Gasteiger charge is 2.12. The third-order valence-corrected chi connectivity index (χ3v) is 4.06. The molecule has 0 heterocycles. The molecule has 0 radical (unpaired) electrons. The number of hydrogen-bond acceptors (Lipinski definition) is 2. The van der Waals surface area contributed by atoms with Crippen LogP contribution in [0.25, 0.3) is 0 Å². The van der Waals surface area contributed by atoms with E-state index in [1.165, 1.54) is 4.90 Å². The molecule has 0 fully saturated rings. The summed E-state index contributed by atoms with van der Waals surface area (Å²) in [6, 6.07) is 20.1. The van der Waals surface area contributed by atoms with E-state index >= 15 is 0 Å². The van der Waals surface area contributed by atoms with E-state index in [2.05, 4.69) is 18.2 Å². The molecule has 0 aromatic heterocycles. The van der Waals surface area contributed by atoms with Crippen LogP contribution < -0.4 is 0 Å². The van der Waals surface area contributed by atoms with Crippen molar-refractivity contribution in [1.29, 1.82) is 5.26 Å². The largest absolute Gasteiger partial charge is 0.198 e. The van der Waals surface area contributed by atoms with E-state index in [9.17, 15) is 0 Å². The summed E-state index contributed by atoms with van der Waals surface area (Å²) in [7, 11) is 0. The van der Waals surface area contributed by atoms with E-state index in [0.717, 1.165) is 10.6 Å². The van der Waals surface area contributed by atoms with Crippen molar-refractivity contribution in [2.24, 2.45) is 0 Å². The second kappa shape index (κ2) is 6.49. The minimum atomic E-state index is 0.148. The van der Waals surface area contributed by atoms with Gasteiger partial charge in [0.2, 0.25) is 0 Å². The van der Waals surface area contributed by atoms with Gasteiger partial charge in [0.25, 0.3) is 0 Å². The summed E-state index contributed by atoms with van der Waals surface area (Å²) in [5.74, 6) is 0. The van der Waals surface area contributed by atoms with Gasteiger partial charge in [-0.3, -0.25) is 0 Å². The number of nitriles is 1. The van der Waals surface area contributed by atoms with Crippen LogP contribution in [0.1, 0.15) is 17.2 Å². The Bertz CT molecular complexity index is 531. The van der Waals surface area contributed by atoms with Crippen molar-refractivity contribution in [3.63, 3.8) is 0 Å². The molecule has 0 aliphatic rings. The standard InChI is InChI=1S/C15H12ClNS/c16-13-8-6-12(7-9-13)15(10-11-17)18-14-4-2-1-3-5-14/h1-9,15H,10H2. The minimum absolute atomic E-state index is 0.148. The van der Waals surface area contributed by atoms with Crippen LogP contribution in [0.3, 0.4) is 0 Å². The second-order valence-corrected chi connectivity index (χ2v) is 5.55. The van der Waals surface area contributed by atoms with Crippen molar-refractivity contribution < 1.29 is 0 Å². The summed E-state index contributed by atoms with van der Waals surface area (Å²) >= 11 is 7.59. The summed E-state index contributed by atoms with van der Waals surface area (Å²) in [5.41, 5.74) is 1.13. The Morgan fingerprint density at radius 2 is 1.72 bits per heavy atom. The van der Waals surface area contributed by atoms with Gasteiger partial charge in [-0.15, -0.1) is 11.8 Å². The van der Waals surface area contributed by atoms with Crippen LogP contribution in [0, 0.1) is 11.3 Å². The molecular formula is C15H12ClNS. The second-order valence-electron chi connectivity index (χ2n) is 3.83. The highest BCUT2D eigenvalue weighted by molar-refractivity contribution is 7.99. The van der Waals surface area contributed by atoms with Gasteiger partial charge in [0.15, 0.2) is 0 Å². The quantitative estimate of drug-likeness (QED) is 0.725. The normalized spacial score (nSPS) is 11.8.